The van der Waals surface area contributed by atoms with Gasteiger partial charge in [0.05, 0.1) is 6.61 Å². The number of hydrogen-bond donors (Lipinski definition) is 2. The van der Waals surface area contributed by atoms with E-state index >= 15 is 0 Å². The van der Waals surface area contributed by atoms with Gasteiger partial charge in [0.25, 0.3) is 0 Å². The molecule has 0 aromatic heterocycles. The first-order valence-electron chi connectivity index (χ1n) is 9.76. The van der Waals surface area contributed by atoms with Crippen LogP contribution in [0, 0.1) is 5.92 Å². The number of rotatable bonds is 8. The fourth-order valence-corrected chi connectivity index (χ4v) is 3.39. The Hall–Kier alpha value is -0.860. The van der Waals surface area contributed by atoms with Gasteiger partial charge in [-0.1, -0.05) is 44.2 Å². The average Bonchev–Trinajstić information content (AvgIpc) is 2.68. The van der Waals surface area contributed by atoms with E-state index in [4.69, 9.17) is 4.74 Å². The van der Waals surface area contributed by atoms with E-state index in [1.54, 1.807) is 7.11 Å². The van der Waals surface area contributed by atoms with E-state index in [1.165, 1.54) is 31.5 Å². The molecule has 0 bridgehead atoms. The van der Waals surface area contributed by atoms with Gasteiger partial charge in [-0.25, -0.2) is 0 Å². The number of piperidine rings is 1. The van der Waals surface area contributed by atoms with Crippen LogP contribution in [-0.2, 0) is 10.2 Å². The lowest BCUT2D eigenvalue weighted by Crippen LogP contribution is -2.46. The van der Waals surface area contributed by atoms with Gasteiger partial charge in [0.15, 0.2) is 5.96 Å². The summed E-state index contributed by atoms with van der Waals surface area (Å²) in [6.07, 6.45) is 2.48. The molecule has 1 aromatic rings. The van der Waals surface area contributed by atoms with Gasteiger partial charge in [-0.3, -0.25) is 4.99 Å². The van der Waals surface area contributed by atoms with Crippen molar-refractivity contribution >= 4 is 29.9 Å². The van der Waals surface area contributed by atoms with E-state index in [-0.39, 0.29) is 29.4 Å². The second-order valence-electron chi connectivity index (χ2n) is 7.83. The van der Waals surface area contributed by atoms with Crippen LogP contribution in [0.1, 0.15) is 32.3 Å². The Balaban J connectivity index is 0.00000364. The minimum atomic E-state index is 0. The Kier molecular flexibility index (Phi) is 11.3. The van der Waals surface area contributed by atoms with Crippen LogP contribution in [0.25, 0.3) is 0 Å². The zero-order valence-corrected chi connectivity index (χ0v) is 19.7. The number of nitrogens with one attached hydrogen (secondary N) is 2. The Labute approximate surface area is 182 Å². The molecular formula is C21H37IN4O. The van der Waals surface area contributed by atoms with Gasteiger partial charge in [0.2, 0.25) is 0 Å². The van der Waals surface area contributed by atoms with Gasteiger partial charge in [0.1, 0.15) is 0 Å². The maximum Gasteiger partial charge on any atom is 0.191 e. The molecule has 2 rings (SSSR count). The molecule has 1 aromatic carbocycles. The Bertz CT molecular complexity index is 542. The van der Waals surface area contributed by atoms with Crippen LogP contribution in [0.15, 0.2) is 35.3 Å². The number of likely N-dealkylation sites (tertiary alicyclic amines) is 1. The van der Waals surface area contributed by atoms with E-state index in [9.17, 15) is 0 Å². The third kappa shape index (κ3) is 8.35. The van der Waals surface area contributed by atoms with Crippen molar-refractivity contribution < 1.29 is 4.74 Å². The molecule has 6 heteroatoms. The summed E-state index contributed by atoms with van der Waals surface area (Å²) in [6, 6.07) is 10.6. The molecule has 1 saturated heterocycles. The summed E-state index contributed by atoms with van der Waals surface area (Å²) >= 11 is 0. The van der Waals surface area contributed by atoms with Crippen molar-refractivity contribution in [1.82, 2.24) is 15.5 Å². The first-order chi connectivity index (χ1) is 12.5. The summed E-state index contributed by atoms with van der Waals surface area (Å²) in [7, 11) is 3.62. The summed E-state index contributed by atoms with van der Waals surface area (Å²) < 4.78 is 5.17. The standard InChI is InChI=1S/C21H36N4O.HI/c1-21(2,19-8-6-5-7-9-19)17-24-20(22-3)23-16-18-10-12-25(13-11-18)14-15-26-4;/h5-9,18H,10-17H2,1-4H3,(H2,22,23,24);1H. The van der Waals surface area contributed by atoms with E-state index in [1.807, 2.05) is 7.05 Å². The van der Waals surface area contributed by atoms with Crippen LogP contribution < -0.4 is 10.6 Å². The molecule has 0 amide bonds. The highest BCUT2D eigenvalue weighted by atomic mass is 127. The molecule has 0 spiro atoms. The molecule has 0 atom stereocenters. The van der Waals surface area contributed by atoms with E-state index in [0.717, 1.165) is 38.1 Å². The second kappa shape index (κ2) is 12.6. The summed E-state index contributed by atoms with van der Waals surface area (Å²) in [5, 5.41) is 7.01. The van der Waals surface area contributed by atoms with Crippen LogP contribution in [0.3, 0.4) is 0 Å². The number of nitrogens with zero attached hydrogens (tertiary/aromatic N) is 2. The van der Waals surface area contributed by atoms with Gasteiger partial charge in [-0.05, 0) is 37.4 Å². The number of halogens is 1. The van der Waals surface area contributed by atoms with Gasteiger partial charge in [-0.2, -0.15) is 0 Å². The SMILES string of the molecule is CN=C(NCC1CCN(CCOC)CC1)NCC(C)(C)c1ccccc1.I. The summed E-state index contributed by atoms with van der Waals surface area (Å²) in [5.74, 6) is 1.62. The Morgan fingerprint density at radius 2 is 1.85 bits per heavy atom. The third-order valence-corrected chi connectivity index (χ3v) is 5.35. The normalized spacial score (nSPS) is 16.7. The quantitative estimate of drug-likeness (QED) is 0.336. The van der Waals surface area contributed by atoms with Gasteiger partial charge in [0, 0.05) is 39.2 Å². The van der Waals surface area contributed by atoms with Crippen molar-refractivity contribution in [3.8, 4) is 0 Å². The molecule has 154 valence electrons. The smallest absolute Gasteiger partial charge is 0.191 e. The molecule has 0 unspecified atom stereocenters. The predicted molar refractivity (Wildman–Crippen MR) is 125 cm³/mol. The minimum absolute atomic E-state index is 0. The number of methoxy groups -OCH3 is 1. The summed E-state index contributed by atoms with van der Waals surface area (Å²) in [5.41, 5.74) is 1.40. The lowest BCUT2D eigenvalue weighted by atomic mass is 9.85. The van der Waals surface area contributed by atoms with Crippen molar-refractivity contribution in [2.75, 3.05) is 53.5 Å². The zero-order valence-electron chi connectivity index (χ0n) is 17.3. The monoisotopic (exact) mass is 488 g/mol. The zero-order chi connectivity index (χ0) is 18.8. The Morgan fingerprint density at radius 3 is 2.44 bits per heavy atom. The first-order valence-corrected chi connectivity index (χ1v) is 9.76. The van der Waals surface area contributed by atoms with Crippen LogP contribution in [-0.4, -0.2) is 64.3 Å². The van der Waals surface area contributed by atoms with Crippen LogP contribution in [0.4, 0.5) is 0 Å². The lowest BCUT2D eigenvalue weighted by molar-refractivity contribution is 0.121. The van der Waals surface area contributed by atoms with Crippen molar-refractivity contribution in [1.29, 1.82) is 0 Å². The van der Waals surface area contributed by atoms with E-state index in [0.29, 0.717) is 0 Å². The van der Waals surface area contributed by atoms with Gasteiger partial charge in [-0.15, -0.1) is 24.0 Å². The molecule has 1 heterocycles. The highest BCUT2D eigenvalue weighted by Crippen LogP contribution is 2.21. The molecule has 27 heavy (non-hydrogen) atoms. The van der Waals surface area contributed by atoms with Crippen molar-refractivity contribution in [2.24, 2.45) is 10.9 Å². The Morgan fingerprint density at radius 1 is 1.19 bits per heavy atom. The number of benzene rings is 1. The highest BCUT2D eigenvalue weighted by Gasteiger charge is 2.22. The maximum absolute atomic E-state index is 5.17. The van der Waals surface area contributed by atoms with Gasteiger partial charge < -0.3 is 20.3 Å². The van der Waals surface area contributed by atoms with Crippen LogP contribution in [0.2, 0.25) is 0 Å². The molecule has 1 aliphatic rings. The van der Waals surface area contributed by atoms with Gasteiger partial charge >= 0.3 is 0 Å². The number of ether oxygens (including phenoxy) is 1. The summed E-state index contributed by atoms with van der Waals surface area (Å²) in [6.45, 7) is 10.6. The van der Waals surface area contributed by atoms with E-state index < -0.39 is 0 Å². The lowest BCUT2D eigenvalue weighted by Gasteiger charge is -2.32. The molecule has 1 aliphatic heterocycles. The molecule has 5 nitrogen and oxygen atoms in total. The first kappa shape index (κ1) is 24.2. The van der Waals surface area contributed by atoms with Crippen LogP contribution in [0.5, 0.6) is 0 Å². The largest absolute Gasteiger partial charge is 0.383 e. The average molecular weight is 488 g/mol. The molecule has 0 aliphatic carbocycles. The molecule has 0 saturated carbocycles. The minimum Gasteiger partial charge on any atom is -0.383 e. The summed E-state index contributed by atoms with van der Waals surface area (Å²) in [4.78, 5) is 6.89. The number of aliphatic imine (C=N–C) groups is 1. The van der Waals surface area contributed by atoms with Crippen molar-refractivity contribution in [3.63, 3.8) is 0 Å². The fraction of sp³-hybridized carbons (Fsp3) is 0.667. The maximum atomic E-state index is 5.17. The number of hydrogen-bond acceptors (Lipinski definition) is 3. The fourth-order valence-electron chi connectivity index (χ4n) is 3.39. The topological polar surface area (TPSA) is 48.9 Å². The molecule has 1 fully saturated rings. The third-order valence-electron chi connectivity index (χ3n) is 5.35. The number of guanidine groups is 1. The van der Waals surface area contributed by atoms with E-state index in [2.05, 4.69) is 64.7 Å². The van der Waals surface area contributed by atoms with Crippen LogP contribution >= 0.6 is 24.0 Å². The highest BCUT2D eigenvalue weighted by molar-refractivity contribution is 14.0. The van der Waals surface area contributed by atoms with Crippen molar-refractivity contribution in [2.45, 2.75) is 32.1 Å². The van der Waals surface area contributed by atoms with Crippen molar-refractivity contribution in [3.05, 3.63) is 35.9 Å². The second-order valence-corrected chi connectivity index (χ2v) is 7.83. The molecular weight excluding hydrogens is 451 g/mol. The predicted octanol–water partition coefficient (Wildman–Crippen LogP) is 3.11. The molecule has 2 N–H and O–H groups in total. The molecule has 0 radical (unpaired) electrons.